The minimum absolute atomic E-state index is 0.117. The minimum Gasteiger partial charge on any atom is -0.463 e. The molecule has 0 spiro atoms. The van der Waals surface area contributed by atoms with Crippen molar-refractivity contribution < 1.29 is 88.6 Å². The van der Waals surface area contributed by atoms with E-state index >= 15 is 0 Å². The second-order valence-corrected chi connectivity index (χ2v) is 15.2. The summed E-state index contributed by atoms with van der Waals surface area (Å²) >= 11 is 0. The molecule has 0 aromatic rings. The lowest BCUT2D eigenvalue weighted by atomic mass is 10.1. The molecule has 18 nitrogen and oxygen atoms in total. The van der Waals surface area contributed by atoms with Gasteiger partial charge in [-0.15, -0.1) is 0 Å². The maximum absolute atomic E-state index is 12.0. The molecule has 0 saturated carbocycles. The number of carbonyl (C=O) groups is 1. The summed E-state index contributed by atoms with van der Waals surface area (Å²) in [6.07, 6.45) is 12.0. The van der Waals surface area contributed by atoms with Gasteiger partial charge in [-0.25, -0.2) is 0 Å². The SMILES string of the molecule is CCCCCCCC/C=C\CCCCCCCC(=O)OCC(O)COCC(O)COCC(O)COCC(O)COCC(O)COCC(O)COCC(O)COCC(O)CO. The smallest absolute Gasteiger partial charge is 0.305 e. The number of aliphatic hydroxyl groups is 9. The van der Waals surface area contributed by atoms with Crippen LogP contribution < -0.4 is 0 Å². The van der Waals surface area contributed by atoms with Crippen molar-refractivity contribution in [2.75, 3.05) is 106 Å². The maximum Gasteiger partial charge on any atom is 0.305 e. The number of hydrogen-bond donors (Lipinski definition) is 9. The van der Waals surface area contributed by atoms with E-state index in [0.29, 0.717) is 6.42 Å². The van der Waals surface area contributed by atoms with Gasteiger partial charge in [0.25, 0.3) is 0 Å². The zero-order chi connectivity index (χ0) is 44.5. The Labute approximate surface area is 357 Å². The highest BCUT2D eigenvalue weighted by Gasteiger charge is 2.15. The molecule has 8 unspecified atom stereocenters. The van der Waals surface area contributed by atoms with E-state index in [4.69, 9.17) is 43.0 Å². The van der Waals surface area contributed by atoms with Crippen molar-refractivity contribution in [2.24, 2.45) is 0 Å². The van der Waals surface area contributed by atoms with Gasteiger partial charge in [0.2, 0.25) is 0 Å². The fourth-order valence-electron chi connectivity index (χ4n) is 5.37. The molecule has 0 aliphatic carbocycles. The number of unbranched alkanes of at least 4 members (excludes halogenated alkanes) is 11. The van der Waals surface area contributed by atoms with Crippen molar-refractivity contribution in [2.45, 2.75) is 146 Å². The van der Waals surface area contributed by atoms with Crippen molar-refractivity contribution in [3.63, 3.8) is 0 Å². The van der Waals surface area contributed by atoms with E-state index < -0.39 is 55.4 Å². The fourth-order valence-corrected chi connectivity index (χ4v) is 5.37. The molecule has 0 heterocycles. The first-order chi connectivity index (χ1) is 29.0. The predicted molar refractivity (Wildman–Crippen MR) is 221 cm³/mol. The average Bonchev–Trinajstić information content (AvgIpc) is 3.21. The third kappa shape index (κ3) is 41.9. The van der Waals surface area contributed by atoms with Crippen LogP contribution in [0.3, 0.4) is 0 Å². The fraction of sp³-hybridized carbons (Fsp3) is 0.929. The standard InChI is InChI=1S/C42H82O18/c1-2-3-4-5-6-7-8-9-10-11-12-13-14-15-16-17-42(52)60-33-41(51)32-59-31-40(50)30-58-29-39(49)28-57-27-38(48)26-56-25-37(47)24-55-23-36(46)22-54-21-35(45)20-53-19-34(44)18-43/h9-10,34-41,43-51H,2-8,11-33H2,1H3/b10-9-. The number of aliphatic hydroxyl groups excluding tert-OH is 9. The highest BCUT2D eigenvalue weighted by Crippen LogP contribution is 2.10. The Balaban J connectivity index is 3.68. The number of hydrogen-bond acceptors (Lipinski definition) is 18. The third-order valence-electron chi connectivity index (χ3n) is 8.63. The molecule has 60 heavy (non-hydrogen) atoms. The van der Waals surface area contributed by atoms with Crippen molar-refractivity contribution in [3.8, 4) is 0 Å². The van der Waals surface area contributed by atoms with Gasteiger partial charge in [0.15, 0.2) is 0 Å². The van der Waals surface area contributed by atoms with Crippen LogP contribution in [0.15, 0.2) is 12.2 Å². The third-order valence-corrected chi connectivity index (χ3v) is 8.63. The molecule has 0 aromatic heterocycles. The van der Waals surface area contributed by atoms with Crippen molar-refractivity contribution >= 4 is 5.97 Å². The van der Waals surface area contributed by atoms with Crippen LogP contribution in [-0.4, -0.2) is 206 Å². The van der Waals surface area contributed by atoms with Gasteiger partial charge in [-0.2, -0.15) is 0 Å². The molecule has 0 rings (SSSR count). The van der Waals surface area contributed by atoms with E-state index in [0.717, 1.165) is 38.5 Å². The number of allylic oxidation sites excluding steroid dienone is 2. The molecular formula is C42H82O18. The van der Waals surface area contributed by atoms with E-state index in [2.05, 4.69) is 19.1 Å². The van der Waals surface area contributed by atoms with Crippen LogP contribution in [0.2, 0.25) is 0 Å². The summed E-state index contributed by atoms with van der Waals surface area (Å²) in [4.78, 5) is 12.0. The molecule has 0 aliphatic heterocycles. The zero-order valence-corrected chi connectivity index (χ0v) is 36.2. The first-order valence-electron chi connectivity index (χ1n) is 21.9. The van der Waals surface area contributed by atoms with Gasteiger partial charge in [0.05, 0.1) is 99.1 Å². The lowest BCUT2D eigenvalue weighted by Gasteiger charge is -2.18. The quantitative estimate of drug-likeness (QED) is 0.0230. The van der Waals surface area contributed by atoms with Crippen LogP contribution in [-0.2, 0) is 42.7 Å². The second kappa shape index (κ2) is 42.9. The first kappa shape index (κ1) is 58.6. The Bertz CT molecular complexity index is 949. The van der Waals surface area contributed by atoms with E-state index in [1.165, 1.54) is 44.9 Å². The Morgan fingerprint density at radius 3 is 0.967 bits per heavy atom. The summed E-state index contributed by atoms with van der Waals surface area (Å²) in [5, 5.41) is 87.6. The van der Waals surface area contributed by atoms with Gasteiger partial charge in [0.1, 0.15) is 55.4 Å². The number of esters is 1. The normalized spacial score (nSPS) is 16.1. The monoisotopic (exact) mass is 875 g/mol. The zero-order valence-electron chi connectivity index (χ0n) is 36.2. The van der Waals surface area contributed by atoms with Crippen LogP contribution >= 0.6 is 0 Å². The molecule has 0 aromatic carbocycles. The topological polar surface area (TPSA) is 273 Å². The number of ether oxygens (including phenoxy) is 8. The molecule has 0 radical (unpaired) electrons. The van der Waals surface area contributed by atoms with Gasteiger partial charge in [0, 0.05) is 6.42 Å². The average molecular weight is 875 g/mol. The van der Waals surface area contributed by atoms with E-state index in [1.54, 1.807) is 0 Å². The molecule has 0 amide bonds. The summed E-state index contributed by atoms with van der Waals surface area (Å²) in [5.41, 5.74) is 0. The van der Waals surface area contributed by atoms with Crippen LogP contribution in [0.4, 0.5) is 0 Å². The summed E-state index contributed by atoms with van der Waals surface area (Å²) in [6, 6.07) is 0. The summed E-state index contributed by atoms with van der Waals surface area (Å²) in [7, 11) is 0. The Morgan fingerprint density at radius 1 is 0.383 bits per heavy atom. The Kier molecular flexibility index (Phi) is 41.8. The van der Waals surface area contributed by atoms with E-state index in [-0.39, 0.29) is 105 Å². The Hall–Kier alpha value is -1.43. The van der Waals surface area contributed by atoms with Crippen molar-refractivity contribution in [1.82, 2.24) is 0 Å². The van der Waals surface area contributed by atoms with E-state index in [9.17, 15) is 45.6 Å². The van der Waals surface area contributed by atoms with Gasteiger partial charge < -0.3 is 83.9 Å². The number of rotatable bonds is 46. The van der Waals surface area contributed by atoms with Gasteiger partial charge in [-0.3, -0.25) is 4.79 Å². The summed E-state index contributed by atoms with van der Waals surface area (Å²) in [5.74, 6) is -0.361. The van der Waals surface area contributed by atoms with E-state index in [1.807, 2.05) is 0 Å². The molecule has 18 heteroatoms. The second-order valence-electron chi connectivity index (χ2n) is 15.2. The molecule has 0 fully saturated rings. The Morgan fingerprint density at radius 2 is 0.650 bits per heavy atom. The van der Waals surface area contributed by atoms with Gasteiger partial charge >= 0.3 is 5.97 Å². The highest BCUT2D eigenvalue weighted by atomic mass is 16.6. The van der Waals surface area contributed by atoms with Crippen molar-refractivity contribution in [1.29, 1.82) is 0 Å². The molecule has 0 saturated heterocycles. The van der Waals surface area contributed by atoms with Crippen LogP contribution in [0.1, 0.15) is 96.8 Å². The lowest BCUT2D eigenvalue weighted by molar-refractivity contribution is -0.148. The molecule has 9 N–H and O–H groups in total. The molecule has 358 valence electrons. The van der Waals surface area contributed by atoms with Crippen molar-refractivity contribution in [3.05, 3.63) is 12.2 Å². The number of carbonyl (C=O) groups excluding carboxylic acids is 1. The largest absolute Gasteiger partial charge is 0.463 e. The van der Waals surface area contributed by atoms with Crippen LogP contribution in [0.5, 0.6) is 0 Å². The lowest BCUT2D eigenvalue weighted by Crippen LogP contribution is -2.31. The molecular weight excluding hydrogens is 792 g/mol. The summed E-state index contributed by atoms with van der Waals surface area (Å²) < 4.78 is 41.6. The van der Waals surface area contributed by atoms with Gasteiger partial charge in [-0.05, 0) is 32.1 Å². The first-order valence-corrected chi connectivity index (χ1v) is 21.9. The van der Waals surface area contributed by atoms with Crippen LogP contribution in [0.25, 0.3) is 0 Å². The summed E-state index contributed by atoms with van der Waals surface area (Å²) in [6.45, 7) is -0.439. The molecule has 0 bridgehead atoms. The molecule has 0 aliphatic rings. The van der Waals surface area contributed by atoms with Gasteiger partial charge in [-0.1, -0.05) is 70.4 Å². The maximum atomic E-state index is 12.0. The van der Waals surface area contributed by atoms with Crippen LogP contribution in [0, 0.1) is 0 Å². The highest BCUT2D eigenvalue weighted by molar-refractivity contribution is 5.69. The molecule has 8 atom stereocenters. The predicted octanol–water partition coefficient (Wildman–Crippen LogP) is 0.563. The minimum atomic E-state index is -1.04.